The van der Waals surface area contributed by atoms with Gasteiger partial charge >= 0.3 is 59.7 Å². The van der Waals surface area contributed by atoms with Crippen molar-refractivity contribution in [2.45, 2.75) is 78.9 Å². The number of carbonyl (C=O) groups excluding carboxylic acids is 11. The van der Waals surface area contributed by atoms with Crippen molar-refractivity contribution in [3.63, 3.8) is 0 Å². The minimum absolute atomic E-state index is 0.00713. The number of hydrogen-bond acceptors (Lipinski definition) is 53. The van der Waals surface area contributed by atoms with Crippen LogP contribution >= 0.6 is 0 Å². The Kier molecular flexibility index (Phi) is 22.4. The molecular weight excluding hydrogens is 1830 g/mol. The summed E-state index contributed by atoms with van der Waals surface area (Å²) in [6.45, 7) is -3.31. The van der Waals surface area contributed by atoms with E-state index in [9.17, 15) is 172 Å². The number of hydrogen-bond donors (Lipinski definition) is 28. The summed E-state index contributed by atoms with van der Waals surface area (Å²) in [6.07, 6.45) is -29.0. The molecule has 6 aliphatic rings. The van der Waals surface area contributed by atoms with Crippen molar-refractivity contribution in [1.82, 2.24) is 0 Å². The normalized spacial score (nSPS) is 21.8. The zero-order valence-corrected chi connectivity index (χ0v) is 66.2. The monoisotopic (exact) mass is 1890 g/mol. The van der Waals surface area contributed by atoms with Crippen molar-refractivity contribution >= 4 is 65.5 Å². The number of rotatable bonds is 15. The number of benzene rings is 9. The first-order valence-electron chi connectivity index (χ1n) is 37.5. The fourth-order valence-corrected chi connectivity index (χ4v) is 14.7. The molecule has 53 nitrogen and oxygen atoms in total. The number of aromatic hydroxyl groups is 25. The Morgan fingerprint density at radius 1 is 0.348 bits per heavy atom. The van der Waals surface area contributed by atoms with Gasteiger partial charge in [0.15, 0.2) is 157 Å². The number of ketones is 1. The number of fused-ring (bicyclic) bond motifs is 3. The molecule has 9 aromatic rings. The summed E-state index contributed by atoms with van der Waals surface area (Å²) in [5.74, 6) is -75.6. The standard InChI is InChI=1S/C82H58O53/c83-28-1-18(2-29(84)49(28)98)69(109)122-16-42-61(127-70(110)19-3-30(85)50(99)31(86)4-19)65(129-71(111)20-5-32(87)51(100)33(88)6-20)67(79(124-42)133-72(112)21-7-34(89)52(101)35(90)8-21)132-78(118)27-14-39(94)55(104)59(108)60(27)126-63-46-24(12-40(95)56(63)105)74(114)123-17-43-62-66(130-75(115)23-11-38(93)54(103)58(107)45(23)46)68(80(125-43)134-73(113)22-9-36(91)53(102)37(92)10-22)131-76(116)25-13-41(96)57(106)64-47(25)48-26(77(117)128-62)15-44(97)81(119,120)82(48,121)135-64/h1-15,42-43,48,61-62,65-68,79-80,83-96,98-108,119-121H,16-17H2/t42-,43-,48+,61-,62-,65+,66+,67-,68-,79+,80+,82-/m1/s1. The Bertz CT molecular complexity index is 6630. The summed E-state index contributed by atoms with van der Waals surface area (Å²) in [5, 5.41) is 308. The van der Waals surface area contributed by atoms with E-state index in [1.807, 2.05) is 0 Å². The predicted octanol–water partition coefficient (Wildman–Crippen LogP) is 0.985. The number of phenolic OH excluding ortho intramolecular Hbond substituents is 25. The SMILES string of the molecule is O=C1O[C@H]2[C@@H]3OC(=O)c4cc(O)c(O)c(O)c4-c4c(cc(O)c(O)c4Oc4c(C(=O)O[C@H]5[C@H](OC(=O)c6cc(O)c(O)c(O)c6)O[C@H](COC(=O)c6cc(O)c(O)c(O)c6)[C@@H](OC(=O)c6cc(O)c(O)c(O)c6)[C@@H]5OC(=O)c5cc(O)c(O)c(O)c5)cc(O)c(O)c4O)C(=O)OC[C@H]2O[C@@H](OC(=O)c2cc(O)c(O)c(O)c2)[C@@H]3OC(=O)c2cc(O)c(O)c3c2[C@@H]2C1=CC(=O)C(O)(O)[C@]2(O)O3. The molecule has 0 spiro atoms. The summed E-state index contributed by atoms with van der Waals surface area (Å²) in [4.78, 5) is 164. The number of carbonyl (C=O) groups is 11. The maximum atomic E-state index is 15.9. The third-order valence-electron chi connectivity index (χ3n) is 21.3. The van der Waals surface area contributed by atoms with Crippen LogP contribution in [0.15, 0.2) is 96.6 Å². The highest BCUT2D eigenvalue weighted by atomic mass is 16.8. The first kappa shape index (κ1) is 91.2. The lowest BCUT2D eigenvalue weighted by Crippen LogP contribution is -2.66. The van der Waals surface area contributed by atoms with Gasteiger partial charge in [-0.15, -0.1) is 0 Å². The topological polar surface area (TPSA) is 883 Å². The summed E-state index contributed by atoms with van der Waals surface area (Å²) in [5.41, 5.74) is -17.0. The molecule has 5 aliphatic heterocycles. The molecule has 5 heterocycles. The van der Waals surface area contributed by atoms with E-state index in [0.717, 1.165) is 0 Å². The van der Waals surface area contributed by atoms with Gasteiger partial charge in [-0.3, -0.25) is 4.79 Å². The average Bonchev–Trinajstić information content (AvgIpc) is 1.53. The Morgan fingerprint density at radius 2 is 0.741 bits per heavy atom. The maximum Gasteiger partial charge on any atom is 0.342 e. The fourth-order valence-electron chi connectivity index (χ4n) is 14.7. The van der Waals surface area contributed by atoms with Gasteiger partial charge < -0.3 is 209 Å². The molecule has 1 aliphatic carbocycles. The van der Waals surface area contributed by atoms with Crippen molar-refractivity contribution in [1.29, 1.82) is 0 Å². The zero-order valence-electron chi connectivity index (χ0n) is 66.2. The van der Waals surface area contributed by atoms with Crippen LogP contribution in [-0.4, -0.2) is 295 Å². The third-order valence-corrected chi connectivity index (χ3v) is 21.3. The largest absolute Gasteiger partial charge is 0.504 e. The van der Waals surface area contributed by atoms with Gasteiger partial charge in [0.25, 0.3) is 11.6 Å². The van der Waals surface area contributed by atoms with Crippen LogP contribution in [-0.2, 0) is 66.4 Å². The van der Waals surface area contributed by atoms with Gasteiger partial charge in [-0.2, -0.15) is 0 Å². The van der Waals surface area contributed by atoms with Gasteiger partial charge in [0.2, 0.25) is 59.3 Å². The van der Waals surface area contributed by atoms with E-state index < -0.39 is 391 Å². The van der Waals surface area contributed by atoms with Gasteiger partial charge in [-0.05, 0) is 84.9 Å². The molecule has 2 fully saturated rings. The second kappa shape index (κ2) is 33.2. The molecule has 2 saturated heterocycles. The van der Waals surface area contributed by atoms with E-state index >= 15 is 24.0 Å². The lowest BCUT2D eigenvalue weighted by molar-refractivity contribution is -0.323. The number of cyclic esters (lactones) is 1. The predicted molar refractivity (Wildman–Crippen MR) is 412 cm³/mol. The van der Waals surface area contributed by atoms with Crippen molar-refractivity contribution in [2.75, 3.05) is 13.2 Å². The molecule has 15 rings (SSSR count). The second-order valence-corrected chi connectivity index (χ2v) is 29.6. The first-order chi connectivity index (χ1) is 63.4. The van der Waals surface area contributed by atoms with Crippen LogP contribution in [0.5, 0.6) is 161 Å². The molecule has 0 amide bonds. The molecule has 0 saturated carbocycles. The van der Waals surface area contributed by atoms with Crippen LogP contribution in [0.2, 0.25) is 0 Å². The zero-order chi connectivity index (χ0) is 98.3. The molecule has 135 heavy (non-hydrogen) atoms. The number of ether oxygens (including phenoxy) is 14. The van der Waals surface area contributed by atoms with Crippen LogP contribution < -0.4 is 9.47 Å². The van der Waals surface area contributed by atoms with E-state index in [2.05, 4.69) is 0 Å². The highest BCUT2D eigenvalue weighted by molar-refractivity contribution is 6.11. The van der Waals surface area contributed by atoms with Gasteiger partial charge in [-0.1, -0.05) is 0 Å². The van der Waals surface area contributed by atoms with Gasteiger partial charge in [-0.25, -0.2) is 47.9 Å². The number of phenols is 25. The van der Waals surface area contributed by atoms with Crippen LogP contribution in [0.25, 0.3) is 11.1 Å². The highest BCUT2D eigenvalue weighted by Crippen LogP contribution is 2.62. The smallest absolute Gasteiger partial charge is 0.342 e. The van der Waals surface area contributed by atoms with Crippen LogP contribution in [0, 0.1) is 0 Å². The number of aliphatic hydroxyl groups is 3. The van der Waals surface area contributed by atoms with Crippen molar-refractivity contribution in [2.24, 2.45) is 0 Å². The molecule has 9 aromatic carbocycles. The molecule has 53 heteroatoms. The molecule has 0 radical (unpaired) electrons. The molecule has 0 unspecified atom stereocenters. The Labute approximate surface area is 741 Å². The summed E-state index contributed by atoms with van der Waals surface area (Å²) < 4.78 is 80.2. The number of esters is 10. The van der Waals surface area contributed by atoms with Crippen molar-refractivity contribution in [3.8, 4) is 172 Å². The first-order valence-corrected chi connectivity index (χ1v) is 37.5. The lowest BCUT2D eigenvalue weighted by Gasteiger charge is -2.44. The molecule has 28 N–H and O–H groups in total. The van der Waals surface area contributed by atoms with Crippen LogP contribution in [0.3, 0.4) is 0 Å². The summed E-state index contributed by atoms with van der Waals surface area (Å²) in [7, 11) is 0. The molecule has 4 bridgehead atoms. The van der Waals surface area contributed by atoms with Crippen molar-refractivity contribution < 1.29 is 262 Å². The second-order valence-electron chi connectivity index (χ2n) is 29.6. The molecular formula is C82H58O53. The third kappa shape index (κ3) is 15.5. The van der Waals surface area contributed by atoms with E-state index in [1.165, 1.54) is 0 Å². The molecule has 12 atom stereocenters. The Morgan fingerprint density at radius 3 is 1.24 bits per heavy atom. The summed E-state index contributed by atoms with van der Waals surface area (Å²) >= 11 is 0. The van der Waals surface area contributed by atoms with Crippen LogP contribution in [0.4, 0.5) is 0 Å². The van der Waals surface area contributed by atoms with Crippen LogP contribution in [0.1, 0.15) is 105 Å². The minimum atomic E-state index is -4.23. The van der Waals surface area contributed by atoms with E-state index in [1.54, 1.807) is 0 Å². The Hall–Kier alpha value is -18.5. The average molecular weight is 1890 g/mol. The Balaban J connectivity index is 0.894. The quantitative estimate of drug-likeness (QED) is 0.0294. The minimum Gasteiger partial charge on any atom is -0.504 e. The summed E-state index contributed by atoms with van der Waals surface area (Å²) in [6, 6.07) is 4.42. The van der Waals surface area contributed by atoms with E-state index in [4.69, 9.17) is 66.3 Å². The molecule has 704 valence electrons. The van der Waals surface area contributed by atoms with Gasteiger partial charge in [0.05, 0.1) is 56.0 Å². The maximum absolute atomic E-state index is 15.9. The molecule has 0 aromatic heterocycles. The fraction of sp³-hybridized carbons (Fsp3) is 0.183. The van der Waals surface area contributed by atoms with Crippen molar-refractivity contribution in [3.05, 3.63) is 152 Å². The van der Waals surface area contributed by atoms with E-state index in [-0.39, 0.29) is 30.3 Å². The van der Waals surface area contributed by atoms with E-state index in [0.29, 0.717) is 60.7 Å². The van der Waals surface area contributed by atoms with Gasteiger partial charge in [0.1, 0.15) is 31.0 Å². The van der Waals surface area contributed by atoms with Gasteiger partial charge in [0, 0.05) is 22.8 Å². The lowest BCUT2D eigenvalue weighted by atomic mass is 9.74. The highest BCUT2D eigenvalue weighted by Gasteiger charge is 2.71.